The summed E-state index contributed by atoms with van der Waals surface area (Å²) in [5, 5.41) is 6.55. The van der Waals surface area contributed by atoms with Crippen LogP contribution in [0.4, 0.5) is 0 Å². The first kappa shape index (κ1) is 18.9. The first-order valence-electron chi connectivity index (χ1n) is 9.89. The van der Waals surface area contributed by atoms with Gasteiger partial charge in [-0.15, -0.1) is 0 Å². The minimum atomic E-state index is -0.163. The third kappa shape index (κ3) is 4.21. The molecule has 0 amide bonds. The van der Waals surface area contributed by atoms with E-state index in [0.717, 1.165) is 30.5 Å². The standard InChI is InChI=1S/C23H25N5O/c1-16-10-6-5-7-11-17(2)21(16)24-15-19-14-20(29)28-23(25-19)26-22(27-28)18-12-8-3-4-9-13-18/h3-6,8-9,11-12,14,24H,7,10,13,15H2,1-2H3,(H,25,26,27)/b6-5?,17-11-,21-16+. The van der Waals surface area contributed by atoms with Crippen LogP contribution in [-0.2, 0) is 6.54 Å². The van der Waals surface area contributed by atoms with E-state index in [4.69, 9.17) is 0 Å². The molecule has 29 heavy (non-hydrogen) atoms. The molecule has 2 aromatic rings. The van der Waals surface area contributed by atoms with Crippen molar-refractivity contribution < 1.29 is 0 Å². The fourth-order valence-electron chi connectivity index (χ4n) is 3.53. The highest BCUT2D eigenvalue weighted by Gasteiger charge is 2.12. The van der Waals surface area contributed by atoms with Gasteiger partial charge < -0.3 is 5.32 Å². The van der Waals surface area contributed by atoms with E-state index in [2.05, 4.69) is 58.5 Å². The molecule has 0 unspecified atom stereocenters. The summed E-state index contributed by atoms with van der Waals surface area (Å²) in [4.78, 5) is 21.7. The lowest BCUT2D eigenvalue weighted by Gasteiger charge is -2.16. The van der Waals surface area contributed by atoms with Crippen molar-refractivity contribution in [2.24, 2.45) is 0 Å². The van der Waals surface area contributed by atoms with Crippen LogP contribution >= 0.6 is 0 Å². The van der Waals surface area contributed by atoms with Crippen LogP contribution in [0.5, 0.6) is 0 Å². The Balaban J connectivity index is 1.60. The number of nitrogens with one attached hydrogen (secondary N) is 2. The zero-order valence-corrected chi connectivity index (χ0v) is 16.8. The molecule has 0 saturated carbocycles. The van der Waals surface area contributed by atoms with Gasteiger partial charge in [0.25, 0.3) is 11.3 Å². The number of nitrogens with zero attached hydrogens (tertiary/aromatic N) is 3. The molecule has 0 bridgehead atoms. The average Bonchev–Trinajstić information content (AvgIpc) is 2.93. The van der Waals surface area contributed by atoms with Crippen molar-refractivity contribution in [2.75, 3.05) is 0 Å². The van der Waals surface area contributed by atoms with Gasteiger partial charge in [0, 0.05) is 17.3 Å². The SMILES string of the molecule is CC1=C/CC=CC/C(C)=C\1NCc1cc(=O)n2[nH]c(C3=CC=CC=CC3)nc2n1. The molecule has 0 spiro atoms. The third-order valence-electron chi connectivity index (χ3n) is 5.10. The van der Waals surface area contributed by atoms with E-state index in [1.54, 1.807) is 6.07 Å². The van der Waals surface area contributed by atoms with Crippen LogP contribution in [0.1, 0.15) is 44.6 Å². The maximum atomic E-state index is 12.6. The summed E-state index contributed by atoms with van der Waals surface area (Å²) in [6, 6.07) is 1.56. The summed E-state index contributed by atoms with van der Waals surface area (Å²) in [5.41, 5.74) is 5.15. The third-order valence-corrected chi connectivity index (χ3v) is 5.10. The van der Waals surface area contributed by atoms with Crippen LogP contribution in [0.2, 0.25) is 0 Å². The lowest BCUT2D eigenvalue weighted by Crippen LogP contribution is -2.21. The van der Waals surface area contributed by atoms with Crippen LogP contribution in [0.25, 0.3) is 11.4 Å². The van der Waals surface area contributed by atoms with Gasteiger partial charge in [-0.3, -0.25) is 9.89 Å². The van der Waals surface area contributed by atoms with Gasteiger partial charge in [0.15, 0.2) is 5.82 Å². The Morgan fingerprint density at radius 1 is 1.10 bits per heavy atom. The molecular weight excluding hydrogens is 362 g/mol. The van der Waals surface area contributed by atoms with Crippen molar-refractivity contribution in [3.63, 3.8) is 0 Å². The molecule has 148 valence electrons. The summed E-state index contributed by atoms with van der Waals surface area (Å²) in [5.74, 6) is 1.06. The van der Waals surface area contributed by atoms with Gasteiger partial charge >= 0.3 is 0 Å². The van der Waals surface area contributed by atoms with Crippen LogP contribution < -0.4 is 10.9 Å². The van der Waals surface area contributed by atoms with Gasteiger partial charge in [-0.2, -0.15) is 9.50 Å². The van der Waals surface area contributed by atoms with Gasteiger partial charge in [-0.25, -0.2) is 4.98 Å². The molecule has 4 rings (SSSR count). The second-order valence-electron chi connectivity index (χ2n) is 7.31. The van der Waals surface area contributed by atoms with E-state index in [9.17, 15) is 4.79 Å². The zero-order chi connectivity index (χ0) is 20.2. The number of hydrogen-bond donors (Lipinski definition) is 2. The Bertz CT molecular complexity index is 1170. The maximum absolute atomic E-state index is 12.6. The first-order chi connectivity index (χ1) is 14.1. The first-order valence-corrected chi connectivity index (χ1v) is 9.89. The molecule has 0 saturated heterocycles. The molecule has 6 nitrogen and oxygen atoms in total. The van der Waals surface area contributed by atoms with E-state index in [1.807, 2.05) is 24.3 Å². The minimum absolute atomic E-state index is 0.163. The molecule has 2 aromatic heterocycles. The van der Waals surface area contributed by atoms with E-state index < -0.39 is 0 Å². The van der Waals surface area contributed by atoms with Gasteiger partial charge in [0.2, 0.25) is 0 Å². The Labute approximate surface area is 169 Å². The Morgan fingerprint density at radius 2 is 2.00 bits per heavy atom. The molecule has 6 heteroatoms. The maximum Gasteiger partial charge on any atom is 0.274 e. The average molecular weight is 387 g/mol. The second-order valence-corrected chi connectivity index (χ2v) is 7.31. The summed E-state index contributed by atoms with van der Waals surface area (Å²) in [7, 11) is 0. The predicted molar refractivity (Wildman–Crippen MR) is 116 cm³/mol. The minimum Gasteiger partial charge on any atom is -0.379 e. The van der Waals surface area contributed by atoms with Gasteiger partial charge in [-0.1, -0.05) is 48.6 Å². The zero-order valence-electron chi connectivity index (χ0n) is 16.8. The molecule has 2 heterocycles. The van der Waals surface area contributed by atoms with Crippen LogP contribution in [-0.4, -0.2) is 19.6 Å². The number of hydrogen-bond acceptors (Lipinski definition) is 4. The molecule has 0 radical (unpaired) electrons. The number of fused-ring (bicyclic) bond motifs is 1. The summed E-state index contributed by atoms with van der Waals surface area (Å²) < 4.78 is 1.40. The van der Waals surface area contributed by atoms with Gasteiger partial charge in [0.1, 0.15) is 0 Å². The van der Waals surface area contributed by atoms with Gasteiger partial charge in [-0.05, 0) is 44.3 Å². The van der Waals surface area contributed by atoms with Crippen LogP contribution in [0.3, 0.4) is 0 Å². The normalized spacial score (nSPS) is 21.3. The highest BCUT2D eigenvalue weighted by Crippen LogP contribution is 2.19. The number of aromatic nitrogens is 4. The van der Waals surface area contributed by atoms with E-state index in [1.165, 1.54) is 15.7 Å². The van der Waals surface area contributed by atoms with Crippen molar-refractivity contribution in [3.05, 3.63) is 93.4 Å². The van der Waals surface area contributed by atoms with Crippen molar-refractivity contribution in [3.8, 4) is 0 Å². The van der Waals surface area contributed by atoms with Crippen LogP contribution in [0.15, 0.2) is 76.3 Å². The van der Waals surface area contributed by atoms with Crippen molar-refractivity contribution in [1.29, 1.82) is 0 Å². The van der Waals surface area contributed by atoms with Gasteiger partial charge in [0.05, 0.1) is 12.2 Å². The number of H-pyrrole nitrogens is 1. The molecule has 0 aromatic carbocycles. The topological polar surface area (TPSA) is 75.1 Å². The van der Waals surface area contributed by atoms with Crippen LogP contribution in [0, 0.1) is 0 Å². The van der Waals surface area contributed by atoms with E-state index in [-0.39, 0.29) is 5.56 Å². The quantitative estimate of drug-likeness (QED) is 0.778. The predicted octanol–water partition coefficient (Wildman–Crippen LogP) is 3.98. The number of rotatable bonds is 4. The molecular formula is C23H25N5O. The monoisotopic (exact) mass is 387 g/mol. The van der Waals surface area contributed by atoms with Crippen molar-refractivity contribution >= 4 is 11.4 Å². The number of allylic oxidation sites excluding steroid dienone is 11. The summed E-state index contributed by atoms with van der Waals surface area (Å²) >= 11 is 0. The van der Waals surface area contributed by atoms with E-state index >= 15 is 0 Å². The highest BCUT2D eigenvalue weighted by molar-refractivity contribution is 5.64. The Kier molecular flexibility index (Phi) is 5.42. The highest BCUT2D eigenvalue weighted by atomic mass is 16.1. The smallest absolute Gasteiger partial charge is 0.274 e. The largest absolute Gasteiger partial charge is 0.379 e. The van der Waals surface area contributed by atoms with Crippen molar-refractivity contribution in [2.45, 2.75) is 39.7 Å². The molecule has 2 aliphatic rings. The fourth-order valence-corrected chi connectivity index (χ4v) is 3.53. The summed E-state index contributed by atoms with van der Waals surface area (Å²) in [6.45, 7) is 4.72. The summed E-state index contributed by atoms with van der Waals surface area (Å²) in [6.07, 6.45) is 19.2. The molecule has 0 aliphatic heterocycles. The number of aromatic amines is 1. The van der Waals surface area contributed by atoms with Crippen molar-refractivity contribution in [1.82, 2.24) is 24.9 Å². The lowest BCUT2D eigenvalue weighted by molar-refractivity contribution is 0.764. The Morgan fingerprint density at radius 3 is 2.90 bits per heavy atom. The fraction of sp³-hybridized carbons (Fsp3) is 0.261. The molecule has 0 atom stereocenters. The molecule has 0 fully saturated rings. The second kappa shape index (κ2) is 8.31. The van der Waals surface area contributed by atoms with E-state index in [0.29, 0.717) is 23.8 Å². The molecule has 2 aliphatic carbocycles. The molecule has 2 N–H and O–H groups in total. The Hall–Kier alpha value is -3.41. The lowest BCUT2D eigenvalue weighted by atomic mass is 10.0.